The molecule has 0 bridgehead atoms. The highest BCUT2D eigenvalue weighted by Gasteiger charge is 2.07. The van der Waals surface area contributed by atoms with Gasteiger partial charge in [-0.1, -0.05) is 0 Å². The molecule has 1 amide bonds. The minimum atomic E-state index is -0.129. The quantitative estimate of drug-likeness (QED) is 0.782. The second-order valence-corrected chi connectivity index (χ2v) is 3.77. The van der Waals surface area contributed by atoms with E-state index in [1.54, 1.807) is 19.0 Å². The van der Waals surface area contributed by atoms with Gasteiger partial charge in [0.2, 0.25) is 23.1 Å². The van der Waals surface area contributed by atoms with E-state index in [-0.39, 0.29) is 23.7 Å². The first-order valence-corrected chi connectivity index (χ1v) is 5.50. The van der Waals surface area contributed by atoms with E-state index >= 15 is 0 Å². The predicted octanol–water partition coefficient (Wildman–Crippen LogP) is 0.139. The van der Waals surface area contributed by atoms with Crippen molar-refractivity contribution in [1.29, 1.82) is 0 Å². The molecule has 0 unspecified atom stereocenters. The molecular weight excluding hydrogens is 244 g/mol. The highest BCUT2D eigenvalue weighted by Crippen LogP contribution is 2.10. The van der Waals surface area contributed by atoms with Gasteiger partial charge in [-0.3, -0.25) is 4.79 Å². The molecule has 0 aliphatic heterocycles. The van der Waals surface area contributed by atoms with Crippen LogP contribution in [0, 0.1) is 0 Å². The average molecular weight is 259 g/mol. The van der Waals surface area contributed by atoms with Crippen molar-refractivity contribution in [2.24, 2.45) is 0 Å². The Balaban J connectivity index is 2.68. The Morgan fingerprint density at radius 3 is 2.65 bits per heavy atom. The molecule has 17 heavy (non-hydrogen) atoms. The fourth-order valence-electron chi connectivity index (χ4n) is 1.04. The number of hydrogen-bond acceptors (Lipinski definition) is 6. The van der Waals surface area contributed by atoms with Crippen LogP contribution in [0.15, 0.2) is 0 Å². The maximum absolute atomic E-state index is 11.2. The van der Waals surface area contributed by atoms with Gasteiger partial charge in [-0.05, 0) is 18.5 Å². The second kappa shape index (κ2) is 6.19. The lowest BCUT2D eigenvalue weighted by molar-refractivity contribution is -0.119. The van der Waals surface area contributed by atoms with Gasteiger partial charge in [-0.25, -0.2) is 0 Å². The van der Waals surface area contributed by atoms with Crippen molar-refractivity contribution in [2.45, 2.75) is 6.92 Å². The van der Waals surface area contributed by atoms with Crippen molar-refractivity contribution in [3.8, 4) is 0 Å². The summed E-state index contributed by atoms with van der Waals surface area (Å²) in [6, 6.07) is 0. The summed E-state index contributed by atoms with van der Waals surface area (Å²) in [6.07, 6.45) is 0. The molecule has 0 aliphatic rings. The van der Waals surface area contributed by atoms with Gasteiger partial charge < -0.3 is 15.5 Å². The molecule has 1 rings (SSSR count). The molecule has 1 aromatic rings. The average Bonchev–Trinajstić information content (AvgIpc) is 2.26. The third-order valence-electron chi connectivity index (χ3n) is 1.78. The third kappa shape index (κ3) is 4.39. The Bertz CT molecular complexity index is 397. The van der Waals surface area contributed by atoms with E-state index in [4.69, 9.17) is 11.6 Å². The molecule has 0 atom stereocenters. The summed E-state index contributed by atoms with van der Waals surface area (Å²) in [5.41, 5.74) is 0. The zero-order valence-electron chi connectivity index (χ0n) is 9.99. The number of anilines is 2. The summed E-state index contributed by atoms with van der Waals surface area (Å²) in [6.45, 7) is 2.53. The molecule has 0 aromatic carbocycles. The summed E-state index contributed by atoms with van der Waals surface area (Å²) in [5, 5.41) is 5.52. The van der Waals surface area contributed by atoms with Gasteiger partial charge in [-0.15, -0.1) is 0 Å². The predicted molar refractivity (Wildman–Crippen MR) is 66.3 cm³/mol. The smallest absolute Gasteiger partial charge is 0.239 e. The third-order valence-corrected chi connectivity index (χ3v) is 1.95. The number of likely N-dealkylation sites (N-methyl/N-ethyl adjacent to an activating group) is 1. The highest BCUT2D eigenvalue weighted by atomic mass is 35.5. The number of amides is 1. The summed E-state index contributed by atoms with van der Waals surface area (Å²) < 4.78 is 0. The van der Waals surface area contributed by atoms with Gasteiger partial charge in [0.05, 0.1) is 6.54 Å². The van der Waals surface area contributed by atoms with Crippen LogP contribution in [-0.4, -0.2) is 48.0 Å². The fraction of sp³-hybridized carbons (Fsp3) is 0.556. The lowest BCUT2D eigenvalue weighted by Gasteiger charge is -2.11. The van der Waals surface area contributed by atoms with Crippen molar-refractivity contribution < 1.29 is 4.79 Å². The van der Waals surface area contributed by atoms with Gasteiger partial charge in [-0.2, -0.15) is 15.0 Å². The van der Waals surface area contributed by atoms with E-state index in [1.165, 1.54) is 0 Å². The molecule has 1 heterocycles. The van der Waals surface area contributed by atoms with E-state index in [0.717, 1.165) is 0 Å². The SMILES string of the molecule is CCNC(=O)CNc1nc(Cl)nc(N(C)C)n1. The first kappa shape index (κ1) is 13.4. The summed E-state index contributed by atoms with van der Waals surface area (Å²) in [5.74, 6) is 0.582. The van der Waals surface area contributed by atoms with Gasteiger partial charge in [0.1, 0.15) is 0 Å². The van der Waals surface area contributed by atoms with Crippen LogP contribution in [0.2, 0.25) is 5.28 Å². The molecular formula is C9H15ClN6O. The maximum atomic E-state index is 11.2. The number of hydrogen-bond donors (Lipinski definition) is 2. The number of carbonyl (C=O) groups excluding carboxylic acids is 1. The monoisotopic (exact) mass is 258 g/mol. The number of nitrogens with zero attached hydrogens (tertiary/aromatic N) is 4. The van der Waals surface area contributed by atoms with Crippen LogP contribution in [0.25, 0.3) is 0 Å². The summed E-state index contributed by atoms with van der Waals surface area (Å²) in [4.78, 5) is 24.8. The van der Waals surface area contributed by atoms with Crippen LogP contribution in [-0.2, 0) is 4.79 Å². The minimum Gasteiger partial charge on any atom is -0.355 e. The molecule has 0 aliphatic carbocycles. The Morgan fingerprint density at radius 2 is 2.06 bits per heavy atom. The van der Waals surface area contributed by atoms with Gasteiger partial charge in [0.25, 0.3) is 0 Å². The number of aromatic nitrogens is 3. The molecule has 94 valence electrons. The Kier molecular flexibility index (Phi) is 4.89. The van der Waals surface area contributed by atoms with Gasteiger partial charge >= 0.3 is 0 Å². The van der Waals surface area contributed by atoms with E-state index < -0.39 is 0 Å². The first-order valence-electron chi connectivity index (χ1n) is 5.12. The Hall–Kier alpha value is -1.63. The number of nitrogens with one attached hydrogen (secondary N) is 2. The van der Waals surface area contributed by atoms with Crippen molar-refractivity contribution in [3.63, 3.8) is 0 Å². The van der Waals surface area contributed by atoms with E-state index in [0.29, 0.717) is 12.5 Å². The normalized spacial score (nSPS) is 9.88. The highest BCUT2D eigenvalue weighted by molar-refractivity contribution is 6.28. The molecule has 8 heteroatoms. The van der Waals surface area contributed by atoms with Crippen molar-refractivity contribution in [3.05, 3.63) is 5.28 Å². The molecule has 0 saturated carbocycles. The zero-order chi connectivity index (χ0) is 12.8. The summed E-state index contributed by atoms with van der Waals surface area (Å²) in [7, 11) is 3.58. The molecule has 0 saturated heterocycles. The van der Waals surface area contributed by atoms with Crippen molar-refractivity contribution in [1.82, 2.24) is 20.3 Å². The molecule has 2 N–H and O–H groups in total. The zero-order valence-corrected chi connectivity index (χ0v) is 10.7. The molecule has 0 spiro atoms. The fourth-order valence-corrected chi connectivity index (χ4v) is 1.19. The van der Waals surface area contributed by atoms with Crippen LogP contribution in [0.3, 0.4) is 0 Å². The van der Waals surface area contributed by atoms with Crippen LogP contribution in [0.4, 0.5) is 11.9 Å². The number of carbonyl (C=O) groups is 1. The van der Waals surface area contributed by atoms with E-state index in [9.17, 15) is 4.79 Å². The molecule has 7 nitrogen and oxygen atoms in total. The van der Waals surface area contributed by atoms with E-state index in [2.05, 4.69) is 25.6 Å². The van der Waals surface area contributed by atoms with Crippen LogP contribution >= 0.6 is 11.6 Å². The topological polar surface area (TPSA) is 83.0 Å². The Morgan fingerprint density at radius 1 is 1.35 bits per heavy atom. The standard InChI is InChI=1S/C9H15ClN6O/c1-4-11-6(17)5-12-8-13-7(10)14-9(15-8)16(2)3/h4-5H2,1-3H3,(H,11,17)(H,12,13,14,15). The lowest BCUT2D eigenvalue weighted by Crippen LogP contribution is -2.30. The van der Waals surface area contributed by atoms with Crippen LogP contribution < -0.4 is 15.5 Å². The van der Waals surface area contributed by atoms with E-state index in [1.807, 2.05) is 6.92 Å². The molecule has 1 aromatic heterocycles. The van der Waals surface area contributed by atoms with Crippen LogP contribution in [0.5, 0.6) is 0 Å². The lowest BCUT2D eigenvalue weighted by atomic mass is 10.5. The number of halogens is 1. The van der Waals surface area contributed by atoms with Crippen molar-refractivity contribution >= 4 is 29.4 Å². The molecule has 0 fully saturated rings. The summed E-state index contributed by atoms with van der Waals surface area (Å²) >= 11 is 5.74. The minimum absolute atomic E-state index is 0.0853. The van der Waals surface area contributed by atoms with Gasteiger partial charge in [0, 0.05) is 20.6 Å². The van der Waals surface area contributed by atoms with Gasteiger partial charge in [0.15, 0.2) is 0 Å². The Labute approximate surface area is 105 Å². The maximum Gasteiger partial charge on any atom is 0.239 e. The second-order valence-electron chi connectivity index (χ2n) is 3.43. The van der Waals surface area contributed by atoms with Crippen molar-refractivity contribution in [2.75, 3.05) is 37.4 Å². The largest absolute Gasteiger partial charge is 0.355 e. The van der Waals surface area contributed by atoms with Crippen LogP contribution in [0.1, 0.15) is 6.92 Å². The first-order chi connectivity index (χ1) is 8.02. The molecule has 0 radical (unpaired) electrons. The number of rotatable bonds is 5.